The van der Waals surface area contributed by atoms with Crippen LogP contribution in [0, 0.1) is 0 Å². The summed E-state index contributed by atoms with van der Waals surface area (Å²) in [5.41, 5.74) is 3.10. The Hall–Kier alpha value is -4.30. The number of rotatable bonds is 12. The van der Waals surface area contributed by atoms with Crippen molar-refractivity contribution in [2.45, 2.75) is 13.2 Å². The predicted molar refractivity (Wildman–Crippen MR) is 130 cm³/mol. The Labute approximate surface area is 202 Å². The number of imidazole rings is 1. The molecule has 0 unspecified atom stereocenters. The molecule has 1 N–H and O–H groups in total. The Morgan fingerprint density at radius 1 is 0.857 bits per heavy atom. The summed E-state index contributed by atoms with van der Waals surface area (Å²) in [6.45, 7) is 0.245. The molecule has 178 valence electrons. The van der Waals surface area contributed by atoms with Crippen molar-refractivity contribution in [3.63, 3.8) is 0 Å². The molecule has 0 aliphatic heterocycles. The van der Waals surface area contributed by atoms with Crippen molar-refractivity contribution in [1.82, 2.24) is 14.9 Å². The first-order valence-corrected chi connectivity index (χ1v) is 11.2. The fraction of sp³-hybridized carbons (Fsp3) is 0.185. The van der Waals surface area contributed by atoms with Gasteiger partial charge >= 0.3 is 5.97 Å². The summed E-state index contributed by atoms with van der Waals surface area (Å²) in [6.07, 6.45) is 1.64. The highest BCUT2D eigenvalue weighted by molar-refractivity contribution is 5.98. The molecule has 35 heavy (non-hydrogen) atoms. The van der Waals surface area contributed by atoms with E-state index in [-0.39, 0.29) is 44.4 Å². The number of hydrogen-bond donors (Lipinski definition) is 1. The van der Waals surface area contributed by atoms with E-state index in [1.54, 1.807) is 35.2 Å². The van der Waals surface area contributed by atoms with Gasteiger partial charge in [0.2, 0.25) is 0 Å². The third kappa shape index (κ3) is 6.84. The number of aromatic nitrogens is 2. The lowest BCUT2D eigenvalue weighted by Crippen LogP contribution is -2.30. The van der Waals surface area contributed by atoms with Gasteiger partial charge in [-0.1, -0.05) is 42.5 Å². The molecule has 0 spiro atoms. The van der Waals surface area contributed by atoms with Gasteiger partial charge in [0, 0.05) is 5.56 Å². The third-order valence-corrected chi connectivity index (χ3v) is 5.26. The van der Waals surface area contributed by atoms with Gasteiger partial charge in [-0.3, -0.25) is 9.59 Å². The summed E-state index contributed by atoms with van der Waals surface area (Å²) in [5, 5.41) is 2.90. The molecule has 0 saturated heterocycles. The lowest BCUT2D eigenvalue weighted by Gasteiger charge is -2.08. The van der Waals surface area contributed by atoms with Crippen LogP contribution in [0.2, 0.25) is 0 Å². The number of Topliss-reactive ketones (excluding diaryl/α,β-unsaturated/α-hetero) is 2. The molecule has 8 nitrogen and oxygen atoms in total. The van der Waals surface area contributed by atoms with Gasteiger partial charge in [0.05, 0.1) is 37.0 Å². The van der Waals surface area contributed by atoms with Crippen LogP contribution in [0.5, 0.6) is 5.75 Å². The molecule has 0 saturated carbocycles. The van der Waals surface area contributed by atoms with Crippen LogP contribution in [0.3, 0.4) is 0 Å². The van der Waals surface area contributed by atoms with Crippen LogP contribution in [0.15, 0.2) is 85.2 Å². The molecule has 0 amide bonds. The average Bonchev–Trinajstić information content (AvgIpc) is 3.29. The standard InChI is InChI=1S/C27H25N3O5/c31-22(16-30-19-29-24-8-4-5-9-25(24)30)14-28-15-26(32)21-10-12-23(13-11-21)34-18-27(33)35-17-20-6-2-1-3-7-20/h1-13,19,28H,14-18H2. The van der Waals surface area contributed by atoms with E-state index >= 15 is 0 Å². The fourth-order valence-corrected chi connectivity index (χ4v) is 3.46. The maximum atomic E-state index is 12.4. The van der Waals surface area contributed by atoms with E-state index in [9.17, 15) is 14.4 Å². The largest absolute Gasteiger partial charge is 0.482 e. The molecule has 0 bridgehead atoms. The lowest BCUT2D eigenvalue weighted by molar-refractivity contribution is -0.147. The minimum absolute atomic E-state index is 0.0302. The Morgan fingerprint density at radius 2 is 1.60 bits per heavy atom. The first-order chi connectivity index (χ1) is 17.1. The summed E-state index contributed by atoms with van der Waals surface area (Å²) in [4.78, 5) is 40.8. The zero-order valence-electron chi connectivity index (χ0n) is 19.1. The zero-order valence-corrected chi connectivity index (χ0v) is 19.1. The summed E-state index contributed by atoms with van der Waals surface area (Å²) < 4.78 is 12.4. The quantitative estimate of drug-likeness (QED) is 0.250. The first-order valence-electron chi connectivity index (χ1n) is 11.2. The van der Waals surface area contributed by atoms with Crippen molar-refractivity contribution >= 4 is 28.6 Å². The molecule has 0 fully saturated rings. The minimum atomic E-state index is -0.480. The number of benzene rings is 3. The predicted octanol–water partition coefficient (Wildman–Crippen LogP) is 3.20. The van der Waals surface area contributed by atoms with Gasteiger partial charge in [-0.2, -0.15) is 0 Å². The highest BCUT2D eigenvalue weighted by Gasteiger charge is 2.10. The number of ether oxygens (including phenoxy) is 2. The van der Waals surface area contributed by atoms with Crippen LogP contribution in [0.25, 0.3) is 11.0 Å². The summed E-state index contributed by atoms with van der Waals surface area (Å²) in [7, 11) is 0. The van der Waals surface area contributed by atoms with E-state index in [1.807, 2.05) is 54.6 Å². The van der Waals surface area contributed by atoms with Gasteiger partial charge < -0.3 is 19.4 Å². The van der Waals surface area contributed by atoms with Crippen LogP contribution in [-0.2, 0) is 27.5 Å². The van der Waals surface area contributed by atoms with Gasteiger partial charge in [0.1, 0.15) is 12.4 Å². The molecule has 0 aliphatic carbocycles. The first kappa shape index (κ1) is 23.8. The number of fused-ring (bicyclic) bond motifs is 1. The topological polar surface area (TPSA) is 99.5 Å². The fourth-order valence-electron chi connectivity index (χ4n) is 3.46. The molecule has 1 aromatic heterocycles. The summed E-state index contributed by atoms with van der Waals surface area (Å²) >= 11 is 0. The zero-order chi connectivity index (χ0) is 24.5. The van der Waals surface area contributed by atoms with Crippen LogP contribution >= 0.6 is 0 Å². The highest BCUT2D eigenvalue weighted by Crippen LogP contribution is 2.13. The molecule has 4 rings (SSSR count). The van der Waals surface area contributed by atoms with Crippen molar-refractivity contribution in [2.24, 2.45) is 0 Å². The van der Waals surface area contributed by atoms with Crippen molar-refractivity contribution in [3.8, 4) is 5.75 Å². The maximum Gasteiger partial charge on any atom is 0.344 e. The number of hydrogen-bond acceptors (Lipinski definition) is 7. The van der Waals surface area contributed by atoms with Gasteiger partial charge in [-0.15, -0.1) is 0 Å². The molecular weight excluding hydrogens is 446 g/mol. The molecule has 0 aliphatic rings. The molecule has 1 heterocycles. The second-order valence-electron chi connectivity index (χ2n) is 7.89. The number of ketones is 2. The number of carbonyl (C=O) groups excluding carboxylic acids is 3. The van der Waals surface area contributed by atoms with E-state index in [0.717, 1.165) is 16.6 Å². The molecule has 4 aromatic rings. The average molecular weight is 472 g/mol. The van der Waals surface area contributed by atoms with E-state index in [4.69, 9.17) is 9.47 Å². The molecule has 8 heteroatoms. The van der Waals surface area contributed by atoms with Crippen LogP contribution < -0.4 is 10.1 Å². The van der Waals surface area contributed by atoms with E-state index in [0.29, 0.717) is 11.3 Å². The number of esters is 1. The smallest absolute Gasteiger partial charge is 0.344 e. The molecule has 0 atom stereocenters. The normalized spacial score (nSPS) is 10.7. The highest BCUT2D eigenvalue weighted by atomic mass is 16.6. The molecular formula is C27H25N3O5. The third-order valence-electron chi connectivity index (χ3n) is 5.26. The van der Waals surface area contributed by atoms with Crippen molar-refractivity contribution in [2.75, 3.05) is 19.7 Å². The van der Waals surface area contributed by atoms with Crippen molar-refractivity contribution < 1.29 is 23.9 Å². The summed E-state index contributed by atoms with van der Waals surface area (Å²) in [5.74, 6) is -0.232. The monoisotopic (exact) mass is 471 g/mol. The van der Waals surface area contributed by atoms with Crippen LogP contribution in [0.1, 0.15) is 15.9 Å². The van der Waals surface area contributed by atoms with Crippen LogP contribution in [-0.4, -0.2) is 46.8 Å². The van der Waals surface area contributed by atoms with Crippen LogP contribution in [0.4, 0.5) is 0 Å². The molecule has 3 aromatic carbocycles. The van der Waals surface area contributed by atoms with E-state index in [2.05, 4.69) is 10.3 Å². The van der Waals surface area contributed by atoms with Gasteiger partial charge in [-0.05, 0) is 42.0 Å². The summed E-state index contributed by atoms with van der Waals surface area (Å²) in [6, 6.07) is 23.5. The Kier molecular flexibility index (Phi) is 7.98. The maximum absolute atomic E-state index is 12.4. The molecule has 0 radical (unpaired) electrons. The number of para-hydroxylation sites is 2. The lowest BCUT2D eigenvalue weighted by atomic mass is 10.1. The second kappa shape index (κ2) is 11.7. The number of nitrogens with one attached hydrogen (secondary N) is 1. The number of nitrogens with zero attached hydrogens (tertiary/aromatic N) is 2. The second-order valence-corrected chi connectivity index (χ2v) is 7.89. The SMILES string of the molecule is O=C(CNCC(=O)c1ccc(OCC(=O)OCc2ccccc2)cc1)Cn1cnc2ccccc21. The van der Waals surface area contributed by atoms with Crippen molar-refractivity contribution in [1.29, 1.82) is 0 Å². The van der Waals surface area contributed by atoms with Crippen molar-refractivity contribution in [3.05, 3.63) is 96.3 Å². The van der Waals surface area contributed by atoms with Gasteiger partial charge in [0.25, 0.3) is 0 Å². The van der Waals surface area contributed by atoms with E-state index < -0.39 is 5.97 Å². The minimum Gasteiger partial charge on any atom is -0.482 e. The Morgan fingerprint density at radius 3 is 2.40 bits per heavy atom. The van der Waals surface area contributed by atoms with Gasteiger partial charge in [0.15, 0.2) is 18.2 Å². The Balaban J connectivity index is 1.16. The number of carbonyl (C=O) groups is 3. The Bertz CT molecular complexity index is 1300. The van der Waals surface area contributed by atoms with Gasteiger partial charge in [-0.25, -0.2) is 9.78 Å². The van der Waals surface area contributed by atoms with E-state index in [1.165, 1.54) is 0 Å².